The molecule has 6 atom stereocenters. The Hall–Kier alpha value is -3.14. The van der Waals surface area contributed by atoms with E-state index in [1.807, 2.05) is 30.3 Å². The van der Waals surface area contributed by atoms with Gasteiger partial charge < -0.3 is 30.0 Å². The molecule has 2 aliphatic rings. The fourth-order valence-electron chi connectivity index (χ4n) is 5.07. The standard InChI is InChI=1S/C26H36N2O8/c1-6-34-22(31)19-18-17(29)14-26(20(18)19,23(32)35-7-2)28-21(30)16(13-15-11-9-8-10-12-15)27-24(33)36-25(3,4)5/h8-12,16-20,29H,6-7,13-14H2,1-5H3,(H,27,33)(H,28,30)/t16?,17-,18-,19-,20-,26-/m0/s1. The van der Waals surface area contributed by atoms with E-state index in [9.17, 15) is 24.3 Å². The quantitative estimate of drug-likeness (QED) is 0.341. The number of hydrogen-bond acceptors (Lipinski definition) is 8. The van der Waals surface area contributed by atoms with Gasteiger partial charge >= 0.3 is 18.0 Å². The summed E-state index contributed by atoms with van der Waals surface area (Å²) in [7, 11) is 0. The second kappa shape index (κ2) is 10.9. The third kappa shape index (κ3) is 5.98. The summed E-state index contributed by atoms with van der Waals surface area (Å²) < 4.78 is 15.7. The molecule has 0 saturated heterocycles. The van der Waals surface area contributed by atoms with Crippen LogP contribution in [0.4, 0.5) is 4.79 Å². The average molecular weight is 505 g/mol. The second-order valence-corrected chi connectivity index (χ2v) is 10.2. The SMILES string of the molecule is CCOC(=O)[C@H]1[C@H]2[C@@H]1[C@](NC(=O)C(Cc1ccccc1)NC(=O)OC(C)(C)C)(C(=O)OCC)C[C@@H]2O. The number of nitrogens with one attached hydrogen (secondary N) is 2. The topological polar surface area (TPSA) is 140 Å². The van der Waals surface area contributed by atoms with Crippen LogP contribution < -0.4 is 10.6 Å². The zero-order valence-electron chi connectivity index (χ0n) is 21.4. The molecule has 3 N–H and O–H groups in total. The molecule has 36 heavy (non-hydrogen) atoms. The second-order valence-electron chi connectivity index (χ2n) is 10.2. The molecule has 2 fully saturated rings. The number of alkyl carbamates (subject to hydrolysis) is 1. The molecule has 0 heterocycles. The Morgan fingerprint density at radius 1 is 1.08 bits per heavy atom. The minimum Gasteiger partial charge on any atom is -0.466 e. The van der Waals surface area contributed by atoms with Crippen molar-refractivity contribution in [2.75, 3.05) is 13.2 Å². The number of fused-ring (bicyclic) bond motifs is 1. The summed E-state index contributed by atoms with van der Waals surface area (Å²) in [6, 6.07) is 7.98. The maximum atomic E-state index is 13.6. The molecule has 0 aliphatic heterocycles. The first-order valence-electron chi connectivity index (χ1n) is 12.3. The van der Waals surface area contributed by atoms with Gasteiger partial charge in [-0.2, -0.15) is 0 Å². The fourth-order valence-corrected chi connectivity index (χ4v) is 5.07. The Morgan fingerprint density at radius 2 is 1.72 bits per heavy atom. The molecule has 1 aromatic rings. The highest BCUT2D eigenvalue weighted by Gasteiger charge is 2.76. The van der Waals surface area contributed by atoms with Crippen molar-refractivity contribution in [3.8, 4) is 0 Å². The smallest absolute Gasteiger partial charge is 0.408 e. The molecule has 0 radical (unpaired) electrons. The summed E-state index contributed by atoms with van der Waals surface area (Å²) in [5, 5.41) is 16.0. The Bertz CT molecular complexity index is 976. The van der Waals surface area contributed by atoms with Gasteiger partial charge in [0.1, 0.15) is 17.2 Å². The predicted molar refractivity (Wildman–Crippen MR) is 129 cm³/mol. The van der Waals surface area contributed by atoms with Gasteiger partial charge in [-0.1, -0.05) is 30.3 Å². The lowest BCUT2D eigenvalue weighted by Crippen LogP contribution is -2.62. The van der Waals surface area contributed by atoms with E-state index in [4.69, 9.17) is 14.2 Å². The summed E-state index contributed by atoms with van der Waals surface area (Å²) in [5.74, 6) is -3.84. The van der Waals surface area contributed by atoms with Gasteiger partial charge in [-0.15, -0.1) is 0 Å². The summed E-state index contributed by atoms with van der Waals surface area (Å²) in [6.45, 7) is 8.63. The van der Waals surface area contributed by atoms with E-state index in [1.165, 1.54) is 0 Å². The molecule has 2 amide bonds. The molecule has 0 aromatic heterocycles. The lowest BCUT2D eigenvalue weighted by atomic mass is 9.88. The maximum Gasteiger partial charge on any atom is 0.408 e. The normalized spacial score (nSPS) is 27.3. The predicted octanol–water partition coefficient (Wildman–Crippen LogP) is 1.73. The van der Waals surface area contributed by atoms with Gasteiger partial charge in [0, 0.05) is 24.7 Å². The molecular weight excluding hydrogens is 468 g/mol. The zero-order chi connectivity index (χ0) is 26.7. The number of carbonyl (C=O) groups excluding carboxylic acids is 4. The van der Waals surface area contributed by atoms with Gasteiger partial charge in [-0.05, 0) is 40.2 Å². The number of carbonyl (C=O) groups is 4. The van der Waals surface area contributed by atoms with Crippen LogP contribution in [0, 0.1) is 17.8 Å². The van der Waals surface area contributed by atoms with Crippen molar-refractivity contribution in [1.82, 2.24) is 10.6 Å². The molecule has 3 rings (SSSR count). The highest BCUT2D eigenvalue weighted by molar-refractivity contribution is 5.94. The average Bonchev–Trinajstić information content (AvgIpc) is 3.48. The molecule has 10 nitrogen and oxygen atoms in total. The van der Waals surface area contributed by atoms with Crippen LogP contribution in [-0.2, 0) is 35.0 Å². The van der Waals surface area contributed by atoms with Crippen LogP contribution in [0.3, 0.4) is 0 Å². The number of benzene rings is 1. The van der Waals surface area contributed by atoms with E-state index < -0.39 is 65.0 Å². The molecule has 0 bridgehead atoms. The molecular formula is C26H36N2O8. The van der Waals surface area contributed by atoms with E-state index in [-0.39, 0.29) is 26.1 Å². The molecule has 1 aromatic carbocycles. The molecule has 0 spiro atoms. The van der Waals surface area contributed by atoms with Crippen molar-refractivity contribution in [3.05, 3.63) is 35.9 Å². The summed E-state index contributed by atoms with van der Waals surface area (Å²) >= 11 is 0. The Balaban J connectivity index is 1.88. The summed E-state index contributed by atoms with van der Waals surface area (Å²) in [5.41, 5.74) is -1.63. The van der Waals surface area contributed by atoms with Crippen LogP contribution in [-0.4, -0.2) is 65.5 Å². The zero-order valence-corrected chi connectivity index (χ0v) is 21.4. The third-order valence-electron chi connectivity index (χ3n) is 6.45. The number of ether oxygens (including phenoxy) is 3. The largest absolute Gasteiger partial charge is 0.466 e. The van der Waals surface area contributed by atoms with Crippen molar-refractivity contribution in [2.45, 2.75) is 70.7 Å². The number of aliphatic hydroxyl groups is 1. The van der Waals surface area contributed by atoms with E-state index in [2.05, 4.69) is 10.6 Å². The highest BCUT2D eigenvalue weighted by Crippen LogP contribution is 2.63. The molecule has 2 saturated carbocycles. The third-order valence-corrected chi connectivity index (χ3v) is 6.45. The maximum absolute atomic E-state index is 13.6. The van der Waals surface area contributed by atoms with Crippen LogP contribution in [0.5, 0.6) is 0 Å². The monoisotopic (exact) mass is 504 g/mol. The molecule has 198 valence electrons. The van der Waals surface area contributed by atoms with Crippen LogP contribution in [0.2, 0.25) is 0 Å². The molecule has 1 unspecified atom stereocenters. The number of esters is 2. The Kier molecular flexibility index (Phi) is 8.28. The number of aliphatic hydroxyl groups excluding tert-OH is 1. The first kappa shape index (κ1) is 27.4. The van der Waals surface area contributed by atoms with E-state index in [0.717, 1.165) is 5.56 Å². The van der Waals surface area contributed by atoms with Gasteiger partial charge in [0.05, 0.1) is 25.2 Å². The van der Waals surface area contributed by atoms with Crippen molar-refractivity contribution in [1.29, 1.82) is 0 Å². The van der Waals surface area contributed by atoms with Crippen molar-refractivity contribution in [2.24, 2.45) is 17.8 Å². The first-order valence-corrected chi connectivity index (χ1v) is 12.3. The van der Waals surface area contributed by atoms with Crippen molar-refractivity contribution in [3.63, 3.8) is 0 Å². The van der Waals surface area contributed by atoms with Crippen LogP contribution in [0.25, 0.3) is 0 Å². The summed E-state index contributed by atoms with van der Waals surface area (Å²) in [4.78, 5) is 51.8. The van der Waals surface area contributed by atoms with Gasteiger partial charge in [0.25, 0.3) is 0 Å². The fraction of sp³-hybridized carbons (Fsp3) is 0.615. The van der Waals surface area contributed by atoms with Crippen LogP contribution >= 0.6 is 0 Å². The van der Waals surface area contributed by atoms with E-state index >= 15 is 0 Å². The minimum atomic E-state index is -1.63. The first-order chi connectivity index (χ1) is 16.9. The van der Waals surface area contributed by atoms with Crippen molar-refractivity contribution >= 4 is 23.9 Å². The Morgan fingerprint density at radius 3 is 2.31 bits per heavy atom. The lowest BCUT2D eigenvalue weighted by Gasteiger charge is -2.33. The minimum absolute atomic E-state index is 0.0532. The van der Waals surface area contributed by atoms with E-state index in [0.29, 0.717) is 0 Å². The van der Waals surface area contributed by atoms with Crippen LogP contribution in [0.15, 0.2) is 30.3 Å². The van der Waals surface area contributed by atoms with Gasteiger partial charge in [0.2, 0.25) is 5.91 Å². The molecule has 2 aliphatic carbocycles. The van der Waals surface area contributed by atoms with E-state index in [1.54, 1.807) is 34.6 Å². The lowest BCUT2D eigenvalue weighted by molar-refractivity contribution is -0.156. The summed E-state index contributed by atoms with van der Waals surface area (Å²) in [6.07, 6.45) is -1.76. The Labute approximate surface area is 211 Å². The van der Waals surface area contributed by atoms with Gasteiger partial charge in [-0.25, -0.2) is 9.59 Å². The number of hydrogen-bond donors (Lipinski definition) is 3. The van der Waals surface area contributed by atoms with Gasteiger partial charge in [-0.3, -0.25) is 9.59 Å². The molecule has 10 heteroatoms. The number of rotatable bonds is 9. The highest BCUT2D eigenvalue weighted by atomic mass is 16.6. The van der Waals surface area contributed by atoms with Gasteiger partial charge in [0.15, 0.2) is 0 Å². The van der Waals surface area contributed by atoms with Crippen molar-refractivity contribution < 1.29 is 38.5 Å². The number of amides is 2. The van der Waals surface area contributed by atoms with Crippen LogP contribution in [0.1, 0.15) is 46.6 Å².